The summed E-state index contributed by atoms with van der Waals surface area (Å²) in [6.45, 7) is 0.100. The van der Waals surface area contributed by atoms with Crippen LogP contribution in [0.4, 0.5) is 5.69 Å². The Morgan fingerprint density at radius 3 is 2.03 bits per heavy atom. The molecule has 3 amide bonds. The van der Waals surface area contributed by atoms with Crippen LogP contribution in [0.1, 0.15) is 31.1 Å². The van der Waals surface area contributed by atoms with Crippen molar-refractivity contribution in [2.75, 3.05) is 32.2 Å². The summed E-state index contributed by atoms with van der Waals surface area (Å²) < 4.78 is 10.7. The van der Waals surface area contributed by atoms with Crippen molar-refractivity contribution in [3.63, 3.8) is 0 Å². The Labute approximate surface area is 208 Å². The quantitative estimate of drug-likeness (QED) is 0.355. The minimum absolute atomic E-state index is 0.0162. The van der Waals surface area contributed by atoms with E-state index in [0.29, 0.717) is 39.3 Å². The van der Waals surface area contributed by atoms with Gasteiger partial charge in [-0.15, -0.1) is 0 Å². The molecule has 0 bridgehead atoms. The Morgan fingerprint density at radius 2 is 1.42 bits per heavy atom. The molecular formula is C29H24N2O5. The van der Waals surface area contributed by atoms with E-state index in [1.165, 1.54) is 16.9 Å². The maximum atomic E-state index is 13.6. The predicted molar refractivity (Wildman–Crippen MR) is 137 cm³/mol. The zero-order valence-corrected chi connectivity index (χ0v) is 19.9. The number of para-hydroxylation sites is 2. The third-order valence-corrected chi connectivity index (χ3v) is 6.36. The normalized spacial score (nSPS) is 12.6. The Bertz CT molecular complexity index is 1430. The van der Waals surface area contributed by atoms with Gasteiger partial charge in [-0.05, 0) is 53.9 Å². The molecule has 4 aromatic rings. The van der Waals surface area contributed by atoms with E-state index in [9.17, 15) is 14.4 Å². The molecule has 0 aliphatic carbocycles. The third kappa shape index (κ3) is 3.94. The molecule has 1 aliphatic heterocycles. The Morgan fingerprint density at radius 1 is 0.778 bits per heavy atom. The number of anilines is 1. The average molecular weight is 481 g/mol. The van der Waals surface area contributed by atoms with Crippen LogP contribution in [0.25, 0.3) is 10.8 Å². The Balaban J connectivity index is 1.49. The highest BCUT2D eigenvalue weighted by Gasteiger charge is 2.33. The van der Waals surface area contributed by atoms with Crippen LogP contribution < -0.4 is 14.4 Å². The van der Waals surface area contributed by atoms with Gasteiger partial charge in [0.1, 0.15) is 11.5 Å². The first-order valence-electron chi connectivity index (χ1n) is 11.5. The number of amides is 3. The lowest BCUT2D eigenvalue weighted by Crippen LogP contribution is -2.46. The molecule has 180 valence electrons. The van der Waals surface area contributed by atoms with Gasteiger partial charge in [0.2, 0.25) is 0 Å². The summed E-state index contributed by atoms with van der Waals surface area (Å²) in [6, 6.07) is 24.8. The van der Waals surface area contributed by atoms with Gasteiger partial charge in [-0.1, -0.05) is 36.4 Å². The van der Waals surface area contributed by atoms with Crippen LogP contribution in [-0.4, -0.2) is 49.9 Å². The van der Waals surface area contributed by atoms with Crippen LogP contribution in [-0.2, 0) is 0 Å². The van der Waals surface area contributed by atoms with Crippen molar-refractivity contribution >= 4 is 34.2 Å². The van der Waals surface area contributed by atoms with Crippen LogP contribution in [0.5, 0.6) is 11.5 Å². The van der Waals surface area contributed by atoms with Gasteiger partial charge in [0.05, 0.1) is 19.9 Å². The van der Waals surface area contributed by atoms with Crippen LogP contribution in [0.3, 0.4) is 0 Å². The lowest BCUT2D eigenvalue weighted by molar-refractivity contribution is 0.0611. The lowest BCUT2D eigenvalue weighted by Gasteiger charge is -2.30. The van der Waals surface area contributed by atoms with Gasteiger partial charge in [0.15, 0.2) is 0 Å². The maximum Gasteiger partial charge on any atom is 0.261 e. The molecule has 1 heterocycles. The van der Waals surface area contributed by atoms with E-state index in [0.717, 1.165) is 5.39 Å². The summed E-state index contributed by atoms with van der Waals surface area (Å²) in [5.41, 5.74) is 1.94. The molecule has 0 saturated heterocycles. The van der Waals surface area contributed by atoms with Gasteiger partial charge in [0, 0.05) is 35.2 Å². The molecule has 0 fully saturated rings. The highest BCUT2D eigenvalue weighted by molar-refractivity contribution is 6.25. The number of hydrogen-bond acceptors (Lipinski definition) is 5. The first-order chi connectivity index (χ1) is 17.5. The first kappa shape index (κ1) is 23.1. The van der Waals surface area contributed by atoms with Crippen molar-refractivity contribution in [1.82, 2.24) is 4.90 Å². The fourth-order valence-corrected chi connectivity index (χ4v) is 4.56. The summed E-state index contributed by atoms with van der Waals surface area (Å²) >= 11 is 0. The summed E-state index contributed by atoms with van der Waals surface area (Å²) in [5.74, 6) is 0.0995. The zero-order valence-electron chi connectivity index (χ0n) is 19.9. The van der Waals surface area contributed by atoms with E-state index >= 15 is 0 Å². The topological polar surface area (TPSA) is 76.2 Å². The molecule has 4 aromatic carbocycles. The van der Waals surface area contributed by atoms with E-state index in [1.807, 2.05) is 30.3 Å². The van der Waals surface area contributed by atoms with Gasteiger partial charge in [-0.2, -0.15) is 0 Å². The molecule has 0 unspecified atom stereocenters. The molecule has 0 atom stereocenters. The highest BCUT2D eigenvalue weighted by atomic mass is 16.5. The number of nitrogens with zero attached hydrogens (tertiary/aromatic N) is 2. The van der Waals surface area contributed by atoms with E-state index < -0.39 is 0 Å². The maximum absolute atomic E-state index is 13.6. The van der Waals surface area contributed by atoms with Crippen LogP contribution in [0.15, 0.2) is 84.9 Å². The number of ether oxygens (including phenoxy) is 2. The number of imide groups is 1. The number of hydrogen-bond donors (Lipinski definition) is 0. The molecule has 0 N–H and O–H groups in total. The van der Waals surface area contributed by atoms with Gasteiger partial charge in [-0.25, -0.2) is 0 Å². The number of rotatable bonds is 7. The average Bonchev–Trinajstić information content (AvgIpc) is 2.93. The predicted octanol–water partition coefficient (Wildman–Crippen LogP) is 4.80. The van der Waals surface area contributed by atoms with E-state index in [-0.39, 0.29) is 30.8 Å². The second-order valence-corrected chi connectivity index (χ2v) is 8.33. The standard InChI is InChI=1S/C29H24N2O5/c1-35-21-15-13-20(14-16-21)27(32)30(24-11-3-4-12-25(24)36-2)17-18-31-28(33)22-9-5-7-19-8-6-10-23(26(19)22)29(31)34/h3-16H,17-18H2,1-2H3. The summed E-state index contributed by atoms with van der Waals surface area (Å²) in [4.78, 5) is 43.1. The van der Waals surface area contributed by atoms with Crippen LogP contribution in [0.2, 0.25) is 0 Å². The number of carbonyl (C=O) groups excluding carboxylic acids is 3. The largest absolute Gasteiger partial charge is 0.497 e. The van der Waals surface area contributed by atoms with Crippen LogP contribution >= 0.6 is 0 Å². The minimum Gasteiger partial charge on any atom is -0.497 e. The second-order valence-electron chi connectivity index (χ2n) is 8.33. The fraction of sp³-hybridized carbons (Fsp3) is 0.138. The molecule has 0 radical (unpaired) electrons. The third-order valence-electron chi connectivity index (χ3n) is 6.36. The van der Waals surface area contributed by atoms with Crippen molar-refractivity contribution in [2.24, 2.45) is 0 Å². The fourth-order valence-electron chi connectivity index (χ4n) is 4.56. The summed E-state index contributed by atoms with van der Waals surface area (Å²) in [7, 11) is 3.09. The molecule has 7 heteroatoms. The molecular weight excluding hydrogens is 456 g/mol. The number of methoxy groups -OCH3 is 2. The van der Waals surface area contributed by atoms with Gasteiger partial charge in [0.25, 0.3) is 17.7 Å². The Kier molecular flexibility index (Phi) is 6.12. The molecule has 36 heavy (non-hydrogen) atoms. The zero-order chi connectivity index (χ0) is 25.2. The van der Waals surface area contributed by atoms with E-state index in [4.69, 9.17) is 9.47 Å². The van der Waals surface area contributed by atoms with E-state index in [2.05, 4.69) is 0 Å². The van der Waals surface area contributed by atoms with Crippen molar-refractivity contribution in [2.45, 2.75) is 0 Å². The Hall–Kier alpha value is -4.65. The highest BCUT2D eigenvalue weighted by Crippen LogP contribution is 2.32. The molecule has 1 aliphatic rings. The minimum atomic E-state index is -0.374. The van der Waals surface area contributed by atoms with Crippen LogP contribution in [0, 0.1) is 0 Å². The molecule has 0 aromatic heterocycles. The number of benzene rings is 4. The second kappa shape index (κ2) is 9.54. The molecule has 0 spiro atoms. The smallest absolute Gasteiger partial charge is 0.261 e. The van der Waals surface area contributed by atoms with Gasteiger partial charge >= 0.3 is 0 Å². The van der Waals surface area contributed by atoms with Crippen molar-refractivity contribution in [3.8, 4) is 11.5 Å². The first-order valence-corrected chi connectivity index (χ1v) is 11.5. The molecule has 7 nitrogen and oxygen atoms in total. The molecule has 0 saturated carbocycles. The SMILES string of the molecule is COc1ccc(C(=O)N(CCN2C(=O)c3cccc4cccc(c34)C2=O)c2ccccc2OC)cc1. The monoisotopic (exact) mass is 480 g/mol. The van der Waals surface area contributed by atoms with Gasteiger partial charge < -0.3 is 14.4 Å². The van der Waals surface area contributed by atoms with Crippen molar-refractivity contribution in [3.05, 3.63) is 102 Å². The van der Waals surface area contributed by atoms with Crippen molar-refractivity contribution < 1.29 is 23.9 Å². The van der Waals surface area contributed by atoms with E-state index in [1.54, 1.807) is 61.7 Å². The number of carbonyl (C=O) groups is 3. The molecule has 5 rings (SSSR count). The summed E-state index contributed by atoms with van der Waals surface area (Å²) in [5, 5.41) is 1.51. The summed E-state index contributed by atoms with van der Waals surface area (Å²) in [6.07, 6.45) is 0. The van der Waals surface area contributed by atoms with Crippen molar-refractivity contribution in [1.29, 1.82) is 0 Å². The lowest BCUT2D eigenvalue weighted by atomic mass is 9.94. The van der Waals surface area contributed by atoms with Gasteiger partial charge in [-0.3, -0.25) is 19.3 Å².